The fraction of sp³-hybridized carbons (Fsp3) is 0.375. The quantitative estimate of drug-likeness (QED) is 0.687. The Labute approximate surface area is 101 Å². The summed E-state index contributed by atoms with van der Waals surface area (Å²) in [5.41, 5.74) is -2.38. The first kappa shape index (κ1) is 12.5. The van der Waals surface area contributed by atoms with Gasteiger partial charge in [0, 0.05) is 6.54 Å². The Kier molecular flexibility index (Phi) is 2.83. The molecule has 0 radical (unpaired) electrons. The van der Waals surface area contributed by atoms with Crippen molar-refractivity contribution in [3.8, 4) is 0 Å². The van der Waals surface area contributed by atoms with E-state index in [4.69, 9.17) is 4.55 Å². The Morgan fingerprint density at radius 3 is 2.67 bits per heavy atom. The number of rotatable bonds is 3. The van der Waals surface area contributed by atoms with Gasteiger partial charge in [-0.2, -0.15) is 8.42 Å². The Bertz CT molecular complexity index is 812. The van der Waals surface area contributed by atoms with Gasteiger partial charge >= 0.3 is 16.0 Å². The van der Waals surface area contributed by atoms with Gasteiger partial charge in [0.15, 0.2) is 11.2 Å². The lowest BCUT2D eigenvalue weighted by Crippen LogP contribution is -2.43. The van der Waals surface area contributed by atoms with Crippen molar-refractivity contribution in [3.63, 3.8) is 0 Å². The number of imidazole rings is 1. The molecule has 0 aliphatic carbocycles. The number of aryl methyl sites for hydroxylation is 1. The molecule has 2 N–H and O–H groups in total. The van der Waals surface area contributed by atoms with E-state index in [0.29, 0.717) is 6.42 Å². The van der Waals surface area contributed by atoms with Gasteiger partial charge in [-0.05, 0) is 6.42 Å². The maximum atomic E-state index is 11.9. The number of aromatic amines is 1. The molecule has 0 spiro atoms. The first-order valence-corrected chi connectivity index (χ1v) is 6.44. The fourth-order valence-corrected chi connectivity index (χ4v) is 2.26. The van der Waals surface area contributed by atoms with Crippen LogP contribution in [0, 0.1) is 0 Å². The van der Waals surface area contributed by atoms with Crippen LogP contribution in [-0.4, -0.2) is 31.5 Å². The lowest BCUT2D eigenvalue weighted by atomic mass is 10.4. The maximum Gasteiger partial charge on any atom is 0.370 e. The number of H-pyrrole nitrogens is 1. The summed E-state index contributed by atoms with van der Waals surface area (Å²) in [4.78, 5) is 29.9. The van der Waals surface area contributed by atoms with E-state index in [2.05, 4.69) is 9.97 Å². The van der Waals surface area contributed by atoms with E-state index in [1.54, 1.807) is 6.92 Å². The zero-order valence-electron chi connectivity index (χ0n) is 9.32. The van der Waals surface area contributed by atoms with E-state index >= 15 is 0 Å². The Hall–Kier alpha value is -1.94. The molecule has 2 rings (SSSR count). The number of aromatic nitrogens is 4. The van der Waals surface area contributed by atoms with Gasteiger partial charge in [0.1, 0.15) is 0 Å². The van der Waals surface area contributed by atoms with Crippen LogP contribution in [0.4, 0.5) is 0 Å². The van der Waals surface area contributed by atoms with Gasteiger partial charge in [-0.15, -0.1) is 3.97 Å². The highest BCUT2D eigenvalue weighted by molar-refractivity contribution is 7.84. The van der Waals surface area contributed by atoms with Crippen molar-refractivity contribution >= 4 is 21.5 Å². The van der Waals surface area contributed by atoms with Crippen molar-refractivity contribution in [2.45, 2.75) is 19.9 Å². The summed E-state index contributed by atoms with van der Waals surface area (Å²) < 4.78 is 31.9. The third-order valence-corrected chi connectivity index (χ3v) is 3.14. The summed E-state index contributed by atoms with van der Waals surface area (Å²) in [6.07, 6.45) is 1.71. The van der Waals surface area contributed by atoms with E-state index in [9.17, 15) is 18.0 Å². The van der Waals surface area contributed by atoms with Crippen LogP contribution in [0.3, 0.4) is 0 Å². The molecule has 0 unspecified atom stereocenters. The second-order valence-corrected chi connectivity index (χ2v) is 4.84. The average Bonchev–Trinajstić information content (AvgIpc) is 2.71. The lowest BCUT2D eigenvalue weighted by molar-refractivity contribution is 0.464. The van der Waals surface area contributed by atoms with E-state index in [1.807, 2.05) is 0 Å². The van der Waals surface area contributed by atoms with Gasteiger partial charge in [-0.3, -0.25) is 13.9 Å². The van der Waals surface area contributed by atoms with Crippen LogP contribution in [-0.2, 0) is 16.8 Å². The van der Waals surface area contributed by atoms with Crippen LogP contribution >= 0.6 is 0 Å². The average molecular weight is 274 g/mol. The predicted octanol–water partition coefficient (Wildman–Crippen LogP) is -1.05. The second kappa shape index (κ2) is 4.07. The Morgan fingerprint density at radius 1 is 1.44 bits per heavy atom. The molecule has 98 valence electrons. The summed E-state index contributed by atoms with van der Waals surface area (Å²) in [7, 11) is -4.95. The van der Waals surface area contributed by atoms with Crippen LogP contribution in [0.2, 0.25) is 0 Å². The molecule has 0 aliphatic heterocycles. The van der Waals surface area contributed by atoms with Crippen molar-refractivity contribution < 1.29 is 13.0 Å². The maximum absolute atomic E-state index is 11.9. The van der Waals surface area contributed by atoms with Crippen molar-refractivity contribution in [1.82, 2.24) is 18.5 Å². The summed E-state index contributed by atoms with van der Waals surface area (Å²) in [5.74, 6) is 0. The molecular weight excluding hydrogens is 264 g/mol. The number of fused-ring (bicyclic) bond motifs is 1. The number of hydrogen-bond acceptors (Lipinski definition) is 5. The van der Waals surface area contributed by atoms with Gasteiger partial charge in [-0.1, -0.05) is 6.92 Å². The molecule has 9 nitrogen and oxygen atoms in total. The minimum absolute atomic E-state index is 0.0618. The largest absolute Gasteiger partial charge is 0.370 e. The topological polar surface area (TPSA) is 127 Å². The normalized spacial score (nSPS) is 12.1. The van der Waals surface area contributed by atoms with Crippen LogP contribution in [0.1, 0.15) is 13.3 Å². The number of hydrogen-bond donors (Lipinski definition) is 2. The zero-order chi connectivity index (χ0) is 13.5. The number of nitrogens with one attached hydrogen (secondary N) is 1. The minimum atomic E-state index is -4.95. The third kappa shape index (κ3) is 1.75. The van der Waals surface area contributed by atoms with Crippen molar-refractivity contribution in [1.29, 1.82) is 0 Å². The molecule has 10 heteroatoms. The van der Waals surface area contributed by atoms with Gasteiger partial charge < -0.3 is 4.98 Å². The second-order valence-electron chi connectivity index (χ2n) is 3.58. The van der Waals surface area contributed by atoms with E-state index in [1.165, 1.54) is 6.33 Å². The Morgan fingerprint density at radius 2 is 2.11 bits per heavy atom. The standard InChI is InChI=1S/C8H10N4O5S/c1-2-3-11-6-5(9-4-10-6)7(13)12(8(11)14)18(15,16)17/h4H,2-3H2,1H3,(H,9,10)(H,15,16,17). The Balaban J connectivity index is 3.06. The highest BCUT2D eigenvalue weighted by Crippen LogP contribution is 2.02. The van der Waals surface area contributed by atoms with Gasteiger partial charge in [-0.25, -0.2) is 9.78 Å². The molecule has 0 atom stereocenters. The predicted molar refractivity (Wildman–Crippen MR) is 61.9 cm³/mol. The summed E-state index contributed by atoms with van der Waals surface area (Å²) in [6, 6.07) is 0. The van der Waals surface area contributed by atoms with E-state index < -0.39 is 21.6 Å². The minimum Gasteiger partial charge on any atom is -0.339 e. The van der Waals surface area contributed by atoms with Crippen LogP contribution in [0.15, 0.2) is 15.9 Å². The third-order valence-electron chi connectivity index (χ3n) is 2.36. The highest BCUT2D eigenvalue weighted by atomic mass is 32.2. The number of nitrogens with zero attached hydrogens (tertiary/aromatic N) is 3. The fourth-order valence-electron chi connectivity index (χ4n) is 1.67. The molecule has 2 aromatic heterocycles. The molecule has 0 amide bonds. The van der Waals surface area contributed by atoms with Crippen molar-refractivity contribution in [2.24, 2.45) is 0 Å². The summed E-state index contributed by atoms with van der Waals surface area (Å²) in [5, 5.41) is 0. The first-order chi connectivity index (χ1) is 8.38. The molecule has 0 bridgehead atoms. The van der Waals surface area contributed by atoms with Gasteiger partial charge in [0.2, 0.25) is 0 Å². The zero-order valence-corrected chi connectivity index (χ0v) is 10.1. The summed E-state index contributed by atoms with van der Waals surface area (Å²) >= 11 is 0. The summed E-state index contributed by atoms with van der Waals surface area (Å²) in [6.45, 7) is 1.95. The lowest BCUT2D eigenvalue weighted by Gasteiger charge is -2.07. The highest BCUT2D eigenvalue weighted by Gasteiger charge is 2.21. The smallest absolute Gasteiger partial charge is 0.339 e. The monoisotopic (exact) mass is 274 g/mol. The van der Waals surface area contributed by atoms with E-state index in [-0.39, 0.29) is 21.7 Å². The van der Waals surface area contributed by atoms with Crippen molar-refractivity contribution in [2.75, 3.05) is 0 Å². The van der Waals surface area contributed by atoms with Crippen LogP contribution < -0.4 is 11.2 Å². The molecule has 0 aromatic carbocycles. The van der Waals surface area contributed by atoms with Gasteiger partial charge in [0.25, 0.3) is 5.56 Å². The molecule has 0 aliphatic rings. The molecule has 0 fully saturated rings. The molecule has 0 saturated heterocycles. The van der Waals surface area contributed by atoms with E-state index in [0.717, 1.165) is 4.57 Å². The molecular formula is C8H10N4O5S. The SMILES string of the molecule is CCCn1c(=O)n(S(=O)(=O)O)c(=O)c2[nH]cnc21. The molecule has 18 heavy (non-hydrogen) atoms. The van der Waals surface area contributed by atoms with Gasteiger partial charge in [0.05, 0.1) is 6.33 Å². The molecule has 0 saturated carbocycles. The van der Waals surface area contributed by atoms with Crippen LogP contribution in [0.25, 0.3) is 11.2 Å². The van der Waals surface area contributed by atoms with Crippen molar-refractivity contribution in [3.05, 3.63) is 27.2 Å². The molecule has 2 heterocycles. The van der Waals surface area contributed by atoms with Crippen LogP contribution in [0.5, 0.6) is 0 Å². The molecule has 2 aromatic rings. The first-order valence-electron chi connectivity index (χ1n) is 5.04.